The van der Waals surface area contributed by atoms with Crippen LogP contribution in [0, 0.1) is 35.5 Å². The van der Waals surface area contributed by atoms with Gasteiger partial charge in [0.2, 0.25) is 0 Å². The summed E-state index contributed by atoms with van der Waals surface area (Å²) in [6.07, 6.45) is 5.78. The van der Waals surface area contributed by atoms with Crippen molar-refractivity contribution in [1.29, 1.82) is 0 Å². The number of hydrogen-bond acceptors (Lipinski definition) is 0. The highest BCUT2D eigenvalue weighted by molar-refractivity contribution is 5.18. The Hall–Kier alpha value is -1.40. The van der Waals surface area contributed by atoms with Gasteiger partial charge in [0.1, 0.15) is 0 Å². The Labute approximate surface area is 101 Å². The van der Waals surface area contributed by atoms with Crippen LogP contribution in [0.3, 0.4) is 0 Å². The molecule has 0 aliphatic heterocycles. The van der Waals surface area contributed by atoms with Crippen molar-refractivity contribution in [3.05, 3.63) is 24.3 Å². The highest BCUT2D eigenvalue weighted by Crippen LogP contribution is 2.17. The van der Waals surface area contributed by atoms with E-state index >= 15 is 0 Å². The van der Waals surface area contributed by atoms with E-state index in [1.807, 2.05) is 13.8 Å². The first-order valence-corrected chi connectivity index (χ1v) is 5.78. The smallest absolute Gasteiger partial charge is 0.0429 e. The molecule has 0 fully saturated rings. The van der Waals surface area contributed by atoms with Crippen molar-refractivity contribution in [2.24, 2.45) is 11.8 Å². The van der Waals surface area contributed by atoms with Crippen LogP contribution in [0.1, 0.15) is 40.5 Å². The first kappa shape index (κ1) is 14.6. The van der Waals surface area contributed by atoms with Crippen LogP contribution >= 0.6 is 0 Å². The molecular formula is C16H22. The molecule has 0 heteroatoms. The molecule has 0 saturated carbocycles. The Kier molecular flexibility index (Phi) is 8.10. The third-order valence-electron chi connectivity index (χ3n) is 2.24. The second kappa shape index (κ2) is 8.87. The molecular weight excluding hydrogens is 192 g/mol. The lowest BCUT2D eigenvalue weighted by Crippen LogP contribution is -2.06. The molecule has 0 radical (unpaired) electrons. The molecule has 0 aromatic heterocycles. The largest absolute Gasteiger partial charge is 0.106 e. The van der Waals surface area contributed by atoms with E-state index in [2.05, 4.69) is 56.3 Å². The Bertz CT molecular complexity index is 347. The van der Waals surface area contributed by atoms with Crippen LogP contribution in [0.25, 0.3) is 0 Å². The number of allylic oxidation sites excluding steroid dienone is 3. The van der Waals surface area contributed by atoms with Crippen LogP contribution in [-0.4, -0.2) is 0 Å². The molecule has 0 spiro atoms. The van der Waals surface area contributed by atoms with Gasteiger partial charge in [-0.1, -0.05) is 55.9 Å². The molecule has 1 unspecified atom stereocenters. The summed E-state index contributed by atoms with van der Waals surface area (Å²) in [7, 11) is 0. The fourth-order valence-corrected chi connectivity index (χ4v) is 1.41. The van der Waals surface area contributed by atoms with Crippen molar-refractivity contribution in [1.82, 2.24) is 0 Å². The summed E-state index contributed by atoms with van der Waals surface area (Å²) in [5.41, 5.74) is 1.16. The number of hydrogen-bond donors (Lipinski definition) is 0. The van der Waals surface area contributed by atoms with E-state index in [-0.39, 0.29) is 0 Å². The second-order valence-corrected chi connectivity index (χ2v) is 4.20. The van der Waals surface area contributed by atoms with Gasteiger partial charge in [-0.25, -0.2) is 0 Å². The fourth-order valence-electron chi connectivity index (χ4n) is 1.41. The number of rotatable bonds is 4. The summed E-state index contributed by atoms with van der Waals surface area (Å²) in [4.78, 5) is 0. The summed E-state index contributed by atoms with van der Waals surface area (Å²) < 4.78 is 0. The highest BCUT2D eigenvalue weighted by Gasteiger charge is 2.09. The summed E-state index contributed by atoms with van der Waals surface area (Å²) in [5.74, 6) is 13.2. The van der Waals surface area contributed by atoms with Gasteiger partial charge in [0.15, 0.2) is 0 Å². The van der Waals surface area contributed by atoms with E-state index in [4.69, 9.17) is 0 Å². The first-order chi connectivity index (χ1) is 7.59. The third-order valence-corrected chi connectivity index (χ3v) is 2.24. The van der Waals surface area contributed by atoms with Crippen LogP contribution < -0.4 is 0 Å². The van der Waals surface area contributed by atoms with Crippen LogP contribution in [0.5, 0.6) is 0 Å². The summed E-state index contributed by atoms with van der Waals surface area (Å²) >= 11 is 0. The van der Waals surface area contributed by atoms with Crippen LogP contribution in [0.4, 0.5) is 0 Å². The Balaban J connectivity index is 4.11. The first-order valence-electron chi connectivity index (χ1n) is 5.78. The maximum absolute atomic E-state index is 3.98. The Morgan fingerprint density at radius 3 is 2.19 bits per heavy atom. The third kappa shape index (κ3) is 6.97. The van der Waals surface area contributed by atoms with E-state index < -0.39 is 0 Å². The monoisotopic (exact) mass is 214 g/mol. The molecule has 0 amide bonds. The van der Waals surface area contributed by atoms with Crippen molar-refractivity contribution < 1.29 is 0 Å². The van der Waals surface area contributed by atoms with Crippen molar-refractivity contribution in [3.8, 4) is 23.7 Å². The summed E-state index contributed by atoms with van der Waals surface area (Å²) in [6.45, 7) is 12.2. The zero-order valence-electron chi connectivity index (χ0n) is 10.9. The van der Waals surface area contributed by atoms with Gasteiger partial charge in [-0.2, -0.15) is 0 Å². The van der Waals surface area contributed by atoms with Gasteiger partial charge in [-0.15, -0.1) is 5.92 Å². The van der Waals surface area contributed by atoms with E-state index in [1.165, 1.54) is 0 Å². The molecule has 86 valence electrons. The quantitative estimate of drug-likeness (QED) is 0.486. The lowest BCUT2D eigenvalue weighted by molar-refractivity contribution is 0.542. The average Bonchev–Trinajstić information content (AvgIpc) is 2.21. The highest BCUT2D eigenvalue weighted by atomic mass is 14.1. The van der Waals surface area contributed by atoms with E-state index in [9.17, 15) is 0 Å². The van der Waals surface area contributed by atoms with Gasteiger partial charge in [0.25, 0.3) is 0 Å². The van der Waals surface area contributed by atoms with E-state index in [0.717, 1.165) is 18.4 Å². The van der Waals surface area contributed by atoms with Crippen LogP contribution in [-0.2, 0) is 0 Å². The fraction of sp³-hybridized carbons (Fsp3) is 0.500. The topological polar surface area (TPSA) is 0 Å². The standard InChI is InChI=1S/C16H22/c1-6-7-8-9-10-11-12-13-16(14(2)3)15(4)5/h9-10,15-16H,2,8,11H2,1,3-5H3. The average molecular weight is 214 g/mol. The molecule has 0 aliphatic carbocycles. The van der Waals surface area contributed by atoms with Gasteiger partial charge >= 0.3 is 0 Å². The normalized spacial score (nSPS) is 11.6. The predicted molar refractivity (Wildman–Crippen MR) is 72.7 cm³/mol. The Morgan fingerprint density at radius 1 is 1.19 bits per heavy atom. The summed E-state index contributed by atoms with van der Waals surface area (Å²) in [5, 5.41) is 0. The van der Waals surface area contributed by atoms with Gasteiger partial charge in [-0.3, -0.25) is 0 Å². The van der Waals surface area contributed by atoms with Crippen molar-refractivity contribution in [3.63, 3.8) is 0 Å². The van der Waals surface area contributed by atoms with Crippen LogP contribution in [0.2, 0.25) is 0 Å². The van der Waals surface area contributed by atoms with Gasteiger partial charge < -0.3 is 0 Å². The maximum Gasteiger partial charge on any atom is 0.0429 e. The van der Waals surface area contributed by atoms with Gasteiger partial charge in [0.05, 0.1) is 0 Å². The van der Waals surface area contributed by atoms with Crippen molar-refractivity contribution >= 4 is 0 Å². The predicted octanol–water partition coefficient (Wildman–Crippen LogP) is 4.20. The van der Waals surface area contributed by atoms with E-state index in [0.29, 0.717) is 11.8 Å². The minimum Gasteiger partial charge on any atom is -0.106 e. The molecule has 0 saturated heterocycles. The zero-order chi connectivity index (χ0) is 12.4. The minimum absolute atomic E-state index is 0.323. The Morgan fingerprint density at radius 2 is 1.75 bits per heavy atom. The minimum atomic E-state index is 0.323. The maximum atomic E-state index is 3.98. The molecule has 0 aromatic carbocycles. The molecule has 0 heterocycles. The molecule has 1 atom stereocenters. The molecule has 0 nitrogen and oxygen atoms in total. The SMILES string of the molecule is C=C(C)C(C#CCC=CCC#CC)C(C)C. The lowest BCUT2D eigenvalue weighted by atomic mass is 9.90. The van der Waals surface area contributed by atoms with Crippen molar-refractivity contribution in [2.45, 2.75) is 40.5 Å². The molecule has 0 rings (SSSR count). The zero-order valence-corrected chi connectivity index (χ0v) is 10.9. The van der Waals surface area contributed by atoms with Crippen molar-refractivity contribution in [2.75, 3.05) is 0 Å². The molecule has 0 aromatic rings. The van der Waals surface area contributed by atoms with Crippen LogP contribution in [0.15, 0.2) is 24.3 Å². The van der Waals surface area contributed by atoms with E-state index in [1.54, 1.807) is 0 Å². The lowest BCUT2D eigenvalue weighted by Gasteiger charge is -2.13. The molecule has 0 aliphatic rings. The molecule has 0 N–H and O–H groups in total. The van der Waals surface area contributed by atoms with Gasteiger partial charge in [-0.05, 0) is 19.8 Å². The second-order valence-electron chi connectivity index (χ2n) is 4.20. The summed E-state index contributed by atoms with van der Waals surface area (Å²) in [6, 6.07) is 0. The molecule has 0 bridgehead atoms. The van der Waals surface area contributed by atoms with Gasteiger partial charge in [0, 0.05) is 18.8 Å². The molecule has 16 heavy (non-hydrogen) atoms.